The average Bonchev–Trinajstić information content (AvgIpc) is 3.17. The number of imidazole rings is 1. The van der Waals surface area contributed by atoms with E-state index in [9.17, 15) is 9.59 Å². The second-order valence-electron chi connectivity index (χ2n) is 7.31. The van der Waals surface area contributed by atoms with Gasteiger partial charge in [0.15, 0.2) is 11.2 Å². The van der Waals surface area contributed by atoms with Crippen molar-refractivity contribution in [3.8, 4) is 0 Å². The fraction of sp³-hybridized carbons (Fsp3) is 0.0870. The number of benzene rings is 2. The highest BCUT2D eigenvalue weighted by atomic mass is 16.2. The molecule has 2 N–H and O–H groups in total. The summed E-state index contributed by atoms with van der Waals surface area (Å²) in [6.07, 6.45) is 4.97. The molecular formula is C23H19N7O2. The molecule has 0 saturated heterocycles. The van der Waals surface area contributed by atoms with Crippen LogP contribution in [0, 0.1) is 0 Å². The van der Waals surface area contributed by atoms with Crippen LogP contribution in [-0.2, 0) is 13.6 Å². The Bertz CT molecular complexity index is 1570. The normalized spacial score (nSPS) is 11.5. The van der Waals surface area contributed by atoms with E-state index >= 15 is 0 Å². The second-order valence-corrected chi connectivity index (χ2v) is 7.31. The Morgan fingerprint density at radius 3 is 2.78 bits per heavy atom. The summed E-state index contributed by atoms with van der Waals surface area (Å²) < 4.78 is 3.04. The largest absolute Gasteiger partial charge is 0.329 e. The van der Waals surface area contributed by atoms with Crippen LogP contribution in [0.4, 0.5) is 5.95 Å². The smallest absolute Gasteiger partial charge is 0.298 e. The van der Waals surface area contributed by atoms with Crippen LogP contribution in [0.15, 0.2) is 81.7 Å². The molecule has 0 aliphatic rings. The van der Waals surface area contributed by atoms with E-state index in [0.717, 1.165) is 21.9 Å². The first-order valence-electron chi connectivity index (χ1n) is 9.97. The molecule has 2 aromatic carbocycles. The number of aromatic nitrogens is 5. The molecule has 3 heterocycles. The number of fused-ring (bicyclic) bond motifs is 2. The van der Waals surface area contributed by atoms with Crippen LogP contribution in [-0.4, -0.2) is 30.3 Å². The molecule has 0 radical (unpaired) electrons. The molecule has 0 bridgehead atoms. The van der Waals surface area contributed by atoms with Gasteiger partial charge in [-0.3, -0.25) is 23.9 Å². The molecule has 3 aromatic heterocycles. The first-order valence-corrected chi connectivity index (χ1v) is 9.97. The minimum Gasteiger partial charge on any atom is -0.298 e. The average molecular weight is 425 g/mol. The molecule has 0 aliphatic heterocycles. The highest BCUT2D eigenvalue weighted by Gasteiger charge is 2.18. The molecule has 0 unspecified atom stereocenters. The number of hydrogen-bond acceptors (Lipinski definition) is 6. The van der Waals surface area contributed by atoms with E-state index in [2.05, 4.69) is 25.5 Å². The maximum atomic E-state index is 12.7. The fourth-order valence-electron chi connectivity index (χ4n) is 3.69. The van der Waals surface area contributed by atoms with E-state index in [4.69, 9.17) is 0 Å². The highest BCUT2D eigenvalue weighted by Crippen LogP contribution is 2.23. The summed E-state index contributed by atoms with van der Waals surface area (Å²) in [5.74, 6) is 0.347. The molecular weight excluding hydrogens is 406 g/mol. The summed E-state index contributed by atoms with van der Waals surface area (Å²) in [4.78, 5) is 35.8. The van der Waals surface area contributed by atoms with Gasteiger partial charge in [-0.2, -0.15) is 10.1 Å². The summed E-state index contributed by atoms with van der Waals surface area (Å²) in [6.45, 7) is 0.365. The van der Waals surface area contributed by atoms with Gasteiger partial charge in [-0.05, 0) is 22.4 Å². The standard InChI is InChI=1S/C23H19N7O2/c1-29-20-19(21(31)27-23(29)32)30(14-17-9-4-8-16-7-2-3-10-18(16)17)22(26-20)28-25-13-15-6-5-11-24-12-15/h2-13H,14H2,1H3,(H,26,28)(H,27,31,32)/b25-13+. The maximum absolute atomic E-state index is 12.7. The van der Waals surface area contributed by atoms with Gasteiger partial charge in [0.05, 0.1) is 12.8 Å². The van der Waals surface area contributed by atoms with Gasteiger partial charge in [0.1, 0.15) is 0 Å². The number of aryl methyl sites for hydroxylation is 1. The number of aromatic amines is 1. The SMILES string of the molecule is Cn1c(=O)[nH]c(=O)c2c1nc(N/N=C/c1cccnc1)n2Cc1cccc2ccccc12. The zero-order valence-corrected chi connectivity index (χ0v) is 17.2. The van der Waals surface area contributed by atoms with Crippen molar-refractivity contribution in [3.05, 3.63) is 99.0 Å². The Hall–Kier alpha value is -4.53. The molecule has 0 saturated carbocycles. The number of nitrogens with one attached hydrogen (secondary N) is 2. The second kappa shape index (κ2) is 7.95. The number of H-pyrrole nitrogens is 1. The molecule has 0 aliphatic carbocycles. The summed E-state index contributed by atoms with van der Waals surface area (Å²) in [5, 5.41) is 6.42. The zero-order valence-electron chi connectivity index (χ0n) is 17.2. The number of hydrogen-bond donors (Lipinski definition) is 2. The first-order chi connectivity index (χ1) is 15.6. The zero-order chi connectivity index (χ0) is 22.1. The van der Waals surface area contributed by atoms with Gasteiger partial charge in [-0.15, -0.1) is 0 Å². The third kappa shape index (κ3) is 3.45. The minimum atomic E-state index is -0.525. The molecule has 5 rings (SSSR count). The van der Waals surface area contributed by atoms with Crippen molar-refractivity contribution in [1.82, 2.24) is 24.1 Å². The Balaban J connectivity index is 1.64. The van der Waals surface area contributed by atoms with E-state index in [1.54, 1.807) is 30.2 Å². The van der Waals surface area contributed by atoms with Crippen LogP contribution in [0.2, 0.25) is 0 Å². The lowest BCUT2D eigenvalue weighted by Crippen LogP contribution is -2.29. The van der Waals surface area contributed by atoms with Crippen molar-refractivity contribution >= 4 is 34.1 Å². The van der Waals surface area contributed by atoms with Crippen molar-refractivity contribution < 1.29 is 0 Å². The van der Waals surface area contributed by atoms with Gasteiger partial charge < -0.3 is 0 Å². The predicted molar refractivity (Wildman–Crippen MR) is 124 cm³/mol. The Morgan fingerprint density at radius 2 is 1.94 bits per heavy atom. The van der Waals surface area contributed by atoms with Gasteiger partial charge in [0.25, 0.3) is 5.56 Å². The number of hydrazone groups is 1. The van der Waals surface area contributed by atoms with Gasteiger partial charge >= 0.3 is 5.69 Å². The molecule has 0 fully saturated rings. The molecule has 0 spiro atoms. The summed E-state index contributed by atoms with van der Waals surface area (Å²) >= 11 is 0. The van der Waals surface area contributed by atoms with Gasteiger partial charge in [0.2, 0.25) is 5.95 Å². The lowest BCUT2D eigenvalue weighted by atomic mass is 10.0. The minimum absolute atomic E-state index is 0.276. The Morgan fingerprint density at radius 1 is 1.09 bits per heavy atom. The number of rotatable bonds is 5. The van der Waals surface area contributed by atoms with Gasteiger partial charge in [-0.1, -0.05) is 48.5 Å². The quantitative estimate of drug-likeness (QED) is 0.332. The van der Waals surface area contributed by atoms with Crippen molar-refractivity contribution in [2.75, 3.05) is 5.43 Å². The number of anilines is 1. The summed E-state index contributed by atoms with van der Waals surface area (Å²) in [5.41, 5.74) is 4.28. The number of nitrogens with zero attached hydrogens (tertiary/aromatic N) is 5. The summed E-state index contributed by atoms with van der Waals surface area (Å²) in [7, 11) is 1.57. The van der Waals surface area contributed by atoms with E-state index < -0.39 is 11.2 Å². The molecule has 158 valence electrons. The third-order valence-electron chi connectivity index (χ3n) is 5.28. The van der Waals surface area contributed by atoms with Crippen molar-refractivity contribution in [3.63, 3.8) is 0 Å². The fourth-order valence-corrected chi connectivity index (χ4v) is 3.69. The topological polar surface area (TPSA) is 110 Å². The van der Waals surface area contributed by atoms with Crippen molar-refractivity contribution in [2.24, 2.45) is 12.1 Å². The van der Waals surface area contributed by atoms with Crippen LogP contribution in [0.5, 0.6) is 0 Å². The first kappa shape index (κ1) is 19.4. The van der Waals surface area contributed by atoms with Crippen LogP contribution < -0.4 is 16.7 Å². The van der Waals surface area contributed by atoms with E-state index in [1.807, 2.05) is 54.6 Å². The number of pyridine rings is 1. The lowest BCUT2D eigenvalue weighted by molar-refractivity contribution is 0.811. The van der Waals surface area contributed by atoms with E-state index in [0.29, 0.717) is 18.0 Å². The van der Waals surface area contributed by atoms with E-state index in [1.165, 1.54) is 4.57 Å². The molecule has 32 heavy (non-hydrogen) atoms. The van der Waals surface area contributed by atoms with Gasteiger partial charge in [-0.25, -0.2) is 10.2 Å². The summed E-state index contributed by atoms with van der Waals surface area (Å²) in [6, 6.07) is 17.7. The molecule has 9 nitrogen and oxygen atoms in total. The van der Waals surface area contributed by atoms with Crippen LogP contribution >= 0.6 is 0 Å². The van der Waals surface area contributed by atoms with E-state index in [-0.39, 0.29) is 5.65 Å². The molecule has 9 heteroatoms. The molecule has 5 aromatic rings. The van der Waals surface area contributed by atoms with Crippen molar-refractivity contribution in [1.29, 1.82) is 0 Å². The van der Waals surface area contributed by atoms with Crippen molar-refractivity contribution in [2.45, 2.75) is 6.54 Å². The predicted octanol–water partition coefficient (Wildman–Crippen LogP) is 2.47. The lowest BCUT2D eigenvalue weighted by Gasteiger charge is -2.11. The highest BCUT2D eigenvalue weighted by molar-refractivity contribution is 5.86. The van der Waals surface area contributed by atoms with Gasteiger partial charge in [0, 0.05) is 25.0 Å². The monoisotopic (exact) mass is 425 g/mol. The Kier molecular flexibility index (Phi) is 4.83. The third-order valence-corrected chi connectivity index (χ3v) is 5.28. The maximum Gasteiger partial charge on any atom is 0.329 e. The van der Waals surface area contributed by atoms with Crippen LogP contribution in [0.3, 0.4) is 0 Å². The van der Waals surface area contributed by atoms with Crippen LogP contribution in [0.1, 0.15) is 11.1 Å². The van der Waals surface area contributed by atoms with Crippen LogP contribution in [0.25, 0.3) is 21.9 Å². The molecule has 0 amide bonds. The molecule has 0 atom stereocenters. The Labute approximate surface area is 181 Å².